The van der Waals surface area contributed by atoms with Crippen LogP contribution in [-0.2, 0) is 35.1 Å². The molecule has 1 saturated heterocycles. The fourth-order valence-corrected chi connectivity index (χ4v) is 8.06. The summed E-state index contributed by atoms with van der Waals surface area (Å²) in [4.78, 5) is 40.5. The van der Waals surface area contributed by atoms with Crippen molar-refractivity contribution in [2.24, 2.45) is 23.7 Å². The number of quaternary nitrogens is 1. The average molecular weight is 813 g/mol. The first kappa shape index (κ1) is 44.4. The first-order chi connectivity index (χ1) is 27.2. The highest BCUT2D eigenvalue weighted by atomic mass is 16.7. The summed E-state index contributed by atoms with van der Waals surface area (Å²) in [7, 11) is 1.42. The second-order valence-corrected chi connectivity index (χ2v) is 16.0. The molecule has 16 nitrogen and oxygen atoms in total. The molecule has 0 aromatic heterocycles. The van der Waals surface area contributed by atoms with Gasteiger partial charge in [-0.1, -0.05) is 45.9 Å². The predicted molar refractivity (Wildman–Crippen MR) is 212 cm³/mol. The van der Waals surface area contributed by atoms with Crippen LogP contribution in [0.3, 0.4) is 0 Å². The van der Waals surface area contributed by atoms with E-state index in [0.29, 0.717) is 0 Å². The molecule has 58 heavy (non-hydrogen) atoms. The third-order valence-corrected chi connectivity index (χ3v) is 11.8. The molecule has 4 aliphatic rings. The average Bonchev–Trinajstić information content (AvgIpc) is 3.44. The molecule has 6 N–H and O–H groups in total. The molecule has 0 spiro atoms. The van der Waals surface area contributed by atoms with Crippen molar-refractivity contribution in [3.63, 3.8) is 0 Å². The smallest absolute Gasteiger partial charge is 0.312 e. The molecule has 318 valence electrons. The number of ether oxygens (including phenoxy) is 5. The van der Waals surface area contributed by atoms with Gasteiger partial charge in [0, 0.05) is 61.2 Å². The van der Waals surface area contributed by atoms with Gasteiger partial charge in [0.05, 0.1) is 60.0 Å². The Labute approximate surface area is 337 Å². The van der Waals surface area contributed by atoms with Gasteiger partial charge in [0.25, 0.3) is 11.7 Å². The van der Waals surface area contributed by atoms with Gasteiger partial charge in [-0.05, 0) is 19.9 Å². The number of nitrogens with one attached hydrogen (secondary N) is 1. The number of aliphatic hydroxyl groups excluding tert-OH is 2. The Kier molecular flexibility index (Phi) is 13.2. The molecule has 1 amide bonds. The number of carbonyl (C=O) groups excluding carboxylic acids is 3. The number of morpholine rings is 1. The normalized spacial score (nSPS) is 32.8. The minimum Gasteiger partial charge on any atom is -0.632 e. The molecular weight excluding hydrogens is 756 g/mol. The molecule has 0 saturated carbocycles. The summed E-state index contributed by atoms with van der Waals surface area (Å²) in [6.07, 6.45) is 3.36. The summed E-state index contributed by atoms with van der Waals surface area (Å²) in [5, 5.41) is 74.3. The van der Waals surface area contributed by atoms with Crippen molar-refractivity contribution in [3.05, 3.63) is 58.0 Å². The molecular formula is C42H56N2O14. The summed E-state index contributed by atoms with van der Waals surface area (Å²) < 4.78 is 28.0. The SMILES string of the molecule is COC1/C=C/OC2(C)Oc3c(C)c(O)c4c(O)c(c(C[N+]5([O-])CCOCC5)c(O)c4c3C2=O)NC(=O)/C(C)=C\C=C\C(C)C(O)C(C)C(O)C(C)C(OC(C)=O)C1C. The van der Waals surface area contributed by atoms with E-state index in [9.17, 15) is 45.1 Å². The van der Waals surface area contributed by atoms with Crippen LogP contribution in [0.1, 0.15) is 70.0 Å². The number of esters is 1. The van der Waals surface area contributed by atoms with Crippen molar-refractivity contribution < 1.29 is 68.2 Å². The lowest BCUT2D eigenvalue weighted by molar-refractivity contribution is -0.901. The fourth-order valence-electron chi connectivity index (χ4n) is 8.06. The van der Waals surface area contributed by atoms with Gasteiger partial charge in [0.15, 0.2) is 5.75 Å². The van der Waals surface area contributed by atoms with E-state index in [2.05, 4.69) is 5.32 Å². The number of phenolic OH excluding ortho intramolecular Hbond substituents is 3. The molecule has 0 aliphatic carbocycles. The number of Topliss-reactive ketones (excluding diaryl/α,β-unsaturated/α-hetero) is 1. The minimum atomic E-state index is -2.08. The van der Waals surface area contributed by atoms with Crippen LogP contribution >= 0.6 is 0 Å². The second kappa shape index (κ2) is 17.3. The van der Waals surface area contributed by atoms with Crippen LogP contribution in [0.4, 0.5) is 5.69 Å². The number of carbonyl (C=O) groups is 3. The maximum absolute atomic E-state index is 14.4. The van der Waals surface area contributed by atoms with Gasteiger partial charge in [-0.15, -0.1) is 0 Å². The van der Waals surface area contributed by atoms with Crippen LogP contribution < -0.4 is 10.1 Å². The first-order valence-corrected chi connectivity index (χ1v) is 19.4. The zero-order valence-corrected chi connectivity index (χ0v) is 34.4. The van der Waals surface area contributed by atoms with Crippen molar-refractivity contribution >= 4 is 34.1 Å². The van der Waals surface area contributed by atoms with Crippen LogP contribution in [0.25, 0.3) is 10.8 Å². The monoisotopic (exact) mass is 812 g/mol. The van der Waals surface area contributed by atoms with Gasteiger partial charge >= 0.3 is 11.8 Å². The number of hydrogen-bond acceptors (Lipinski definition) is 14. The number of methoxy groups -OCH3 is 1. The quantitative estimate of drug-likeness (QED) is 0.0815. The number of hydrogen-bond donors (Lipinski definition) is 6. The van der Waals surface area contributed by atoms with Crippen LogP contribution in [-0.4, -0.2) is 111 Å². The van der Waals surface area contributed by atoms with Crippen LogP contribution in [0.5, 0.6) is 23.0 Å². The Morgan fingerprint density at radius 1 is 0.966 bits per heavy atom. The molecule has 2 aromatic carbocycles. The Hall–Kier alpha value is -4.71. The number of ketones is 1. The number of aromatic hydroxyl groups is 3. The molecule has 9 unspecified atom stereocenters. The number of anilines is 1. The lowest BCUT2D eigenvalue weighted by Gasteiger charge is -2.45. The van der Waals surface area contributed by atoms with E-state index in [-0.39, 0.29) is 70.8 Å². The zero-order valence-electron chi connectivity index (χ0n) is 34.4. The van der Waals surface area contributed by atoms with E-state index in [0.717, 1.165) is 0 Å². The standard InChI is InChI=1S/C42H56N2O14/c1-20-11-10-12-21(2)41(52)43-32-27(19-44(53)14-17-55-18-15-44)36(49)29-30(37(32)50)35(48)25(6)39-31(29)40(51)42(8,58-39)56-16-13-28(54-9)22(3)38(57-26(7)45)24(5)34(47)23(4)33(20)46/h10-13,16,20,22-24,28,33-34,38,46-50H,14-15,17-19H2,1-9H3,(H,43,52)/b11-10+,16-13+,21-12-. The van der Waals surface area contributed by atoms with Gasteiger partial charge < -0.3 is 64.4 Å². The topological polar surface area (TPSA) is 234 Å². The minimum absolute atomic E-state index is 0.00576. The summed E-state index contributed by atoms with van der Waals surface area (Å²) in [5.41, 5.74) is -0.607. The van der Waals surface area contributed by atoms with E-state index in [4.69, 9.17) is 23.7 Å². The highest BCUT2D eigenvalue weighted by Crippen LogP contribution is 2.55. The predicted octanol–water partition coefficient (Wildman–Crippen LogP) is 4.60. The first-order valence-electron chi connectivity index (χ1n) is 19.4. The maximum atomic E-state index is 14.4. The molecule has 5 bridgehead atoms. The van der Waals surface area contributed by atoms with E-state index in [1.54, 1.807) is 39.8 Å². The van der Waals surface area contributed by atoms with E-state index in [1.807, 2.05) is 0 Å². The third-order valence-electron chi connectivity index (χ3n) is 11.8. The van der Waals surface area contributed by atoms with Crippen molar-refractivity contribution in [3.8, 4) is 23.0 Å². The number of allylic oxidation sites excluding steroid dienone is 2. The van der Waals surface area contributed by atoms with Crippen LogP contribution in [0.15, 0.2) is 36.1 Å². The van der Waals surface area contributed by atoms with Crippen molar-refractivity contribution in [1.82, 2.24) is 0 Å². The summed E-state index contributed by atoms with van der Waals surface area (Å²) in [6, 6.07) is 0. The lowest BCUT2D eigenvalue weighted by Crippen LogP contribution is -2.49. The van der Waals surface area contributed by atoms with Crippen molar-refractivity contribution in [1.29, 1.82) is 0 Å². The number of nitrogens with zero attached hydrogens (tertiary/aromatic N) is 1. The number of aliphatic hydroxyl groups is 2. The maximum Gasteiger partial charge on any atom is 0.312 e. The molecule has 1 fully saturated rings. The molecule has 6 rings (SSSR count). The lowest BCUT2D eigenvalue weighted by atomic mass is 9.78. The molecule has 9 atom stereocenters. The van der Waals surface area contributed by atoms with E-state index < -0.39 is 100.0 Å². The summed E-state index contributed by atoms with van der Waals surface area (Å²) >= 11 is 0. The highest BCUT2D eigenvalue weighted by Gasteiger charge is 2.50. The van der Waals surface area contributed by atoms with E-state index in [1.165, 1.54) is 53.2 Å². The molecule has 16 heteroatoms. The number of phenols is 3. The number of benzene rings is 2. The summed E-state index contributed by atoms with van der Waals surface area (Å²) in [5.74, 6) is -8.79. The number of amides is 1. The second-order valence-electron chi connectivity index (χ2n) is 16.0. The molecule has 2 aromatic rings. The van der Waals surface area contributed by atoms with Crippen LogP contribution in [0, 0.1) is 35.8 Å². The zero-order chi connectivity index (χ0) is 43.0. The number of fused-ring (bicyclic) bond motifs is 14. The van der Waals surface area contributed by atoms with Gasteiger partial charge in [-0.25, -0.2) is 0 Å². The highest BCUT2D eigenvalue weighted by molar-refractivity contribution is 6.22. The Bertz CT molecular complexity index is 2020. The van der Waals surface area contributed by atoms with Crippen LogP contribution in [0.2, 0.25) is 0 Å². The summed E-state index contributed by atoms with van der Waals surface area (Å²) in [6.45, 7) is 12.1. The Morgan fingerprint density at radius 2 is 1.62 bits per heavy atom. The van der Waals surface area contributed by atoms with Gasteiger partial charge in [-0.2, -0.15) is 0 Å². The van der Waals surface area contributed by atoms with Gasteiger partial charge in [-0.3, -0.25) is 14.4 Å². The Balaban J connectivity index is 1.72. The van der Waals surface area contributed by atoms with E-state index >= 15 is 0 Å². The fraction of sp³-hybridized carbons (Fsp3) is 0.548. The largest absolute Gasteiger partial charge is 0.632 e. The number of hydroxylamine groups is 3. The van der Waals surface area contributed by atoms with Crippen molar-refractivity contribution in [2.75, 3.05) is 38.7 Å². The van der Waals surface area contributed by atoms with Crippen molar-refractivity contribution in [2.45, 2.75) is 92.1 Å². The van der Waals surface area contributed by atoms with Gasteiger partial charge in [0.1, 0.15) is 43.0 Å². The van der Waals surface area contributed by atoms with Gasteiger partial charge in [0.2, 0.25) is 0 Å². The number of rotatable bonds is 4. The molecule has 4 heterocycles. The molecule has 0 radical (unpaired) electrons. The molecule has 4 aliphatic heterocycles. The third kappa shape index (κ3) is 8.40. The Morgan fingerprint density at radius 3 is 2.24 bits per heavy atom.